The largest absolute Gasteiger partial charge is 0.508 e. The summed E-state index contributed by atoms with van der Waals surface area (Å²) >= 11 is 0. The fraction of sp³-hybridized carbons (Fsp3) is 0.396. The van der Waals surface area contributed by atoms with Crippen LogP contribution in [0.3, 0.4) is 0 Å². The van der Waals surface area contributed by atoms with Gasteiger partial charge in [-0.05, 0) is 246 Å². The molecule has 3 saturated heterocycles. The van der Waals surface area contributed by atoms with Crippen LogP contribution in [0, 0.1) is 13.8 Å². The van der Waals surface area contributed by atoms with E-state index in [9.17, 15) is 33.9 Å². The molecule has 10 heterocycles. The fourth-order valence-electron chi connectivity index (χ4n) is 17.5. The Kier molecular flexibility index (Phi) is 29.0. The lowest BCUT2D eigenvalue weighted by atomic mass is 9.88. The quantitative estimate of drug-likeness (QED) is 0.0389. The number of pyridine rings is 4. The highest BCUT2D eigenvalue weighted by Gasteiger charge is 2.28. The molecule has 4 aromatic carbocycles. The number of hydrogen-bond donors (Lipinski definition) is 4. The topological polar surface area (TPSA) is 237 Å². The van der Waals surface area contributed by atoms with E-state index < -0.39 is 0 Å². The molecule has 1 aliphatic carbocycles. The van der Waals surface area contributed by atoms with Gasteiger partial charge in [-0.15, -0.1) is 0 Å². The molecule has 0 bridgehead atoms. The van der Waals surface area contributed by atoms with Gasteiger partial charge in [0.2, 0.25) is 0 Å². The molecule has 4 aliphatic rings. The van der Waals surface area contributed by atoms with Crippen molar-refractivity contribution in [3.8, 4) is 39.1 Å². The van der Waals surface area contributed by atoms with E-state index in [0.29, 0.717) is 40.1 Å². The summed E-state index contributed by atoms with van der Waals surface area (Å²) in [5.41, 5.74) is 17.6. The molecule has 3 aliphatic heterocycles. The first-order valence-corrected chi connectivity index (χ1v) is 44.3. The molecule has 3 fully saturated rings. The fourth-order valence-corrected chi connectivity index (χ4v) is 17.5. The first kappa shape index (κ1) is 89.7. The van der Waals surface area contributed by atoms with E-state index in [1.165, 1.54) is 16.7 Å². The molecular formula is C101H124N16O7. The maximum Gasteiger partial charge on any atom is 0.254 e. The maximum absolute atomic E-state index is 13.9. The monoisotopic (exact) mass is 1670 g/mol. The van der Waals surface area contributed by atoms with Gasteiger partial charge in [0.25, 0.3) is 23.6 Å². The van der Waals surface area contributed by atoms with Gasteiger partial charge in [0, 0.05) is 254 Å². The van der Waals surface area contributed by atoms with Crippen LogP contribution >= 0.6 is 0 Å². The van der Waals surface area contributed by atoms with E-state index in [2.05, 4.69) is 203 Å². The Balaban J connectivity index is 0.000000160. The Morgan fingerprint density at radius 1 is 0.468 bits per heavy atom. The number of hydrogen-bond acceptors (Lipinski definition) is 16. The second-order valence-electron chi connectivity index (χ2n) is 34.7. The van der Waals surface area contributed by atoms with Gasteiger partial charge in [0.05, 0.1) is 0 Å². The van der Waals surface area contributed by atoms with Crippen molar-refractivity contribution in [1.82, 2.24) is 63.9 Å². The lowest BCUT2D eigenvalue weighted by Crippen LogP contribution is -2.44. The van der Waals surface area contributed by atoms with Gasteiger partial charge in [-0.3, -0.25) is 33.3 Å². The van der Waals surface area contributed by atoms with Crippen LogP contribution in [-0.2, 0) is 30.7 Å². The molecule has 23 nitrogen and oxygen atoms in total. The summed E-state index contributed by atoms with van der Waals surface area (Å²) in [5, 5.41) is 22.5. The summed E-state index contributed by atoms with van der Waals surface area (Å²) < 4.78 is 8.08. The minimum atomic E-state index is -0.296. The second kappa shape index (κ2) is 40.1. The number of phenols is 1. The van der Waals surface area contributed by atoms with Gasteiger partial charge in [-0.2, -0.15) is 0 Å². The Morgan fingerprint density at radius 2 is 0.855 bits per heavy atom. The number of aromatic hydroxyl groups is 1. The zero-order chi connectivity index (χ0) is 88.3. The first-order valence-electron chi connectivity index (χ1n) is 44.3. The molecule has 0 atom stereocenters. The zero-order valence-corrected chi connectivity index (χ0v) is 75.2. The third-order valence-corrected chi connectivity index (χ3v) is 24.5. The second-order valence-corrected chi connectivity index (χ2v) is 34.7. The molecule has 650 valence electrons. The van der Waals surface area contributed by atoms with Crippen molar-refractivity contribution in [1.29, 1.82) is 0 Å². The van der Waals surface area contributed by atoms with E-state index in [-0.39, 0.29) is 78.4 Å². The van der Waals surface area contributed by atoms with Crippen LogP contribution in [0.2, 0.25) is 0 Å². The number of anilines is 3. The predicted octanol–water partition coefficient (Wildman–Crippen LogP) is 16.9. The number of phenolic OH excluding ortho intramolecular Hbond substituents is 1. The van der Waals surface area contributed by atoms with E-state index in [4.69, 9.17) is 15.0 Å². The smallest absolute Gasteiger partial charge is 0.254 e. The molecular weight excluding hydrogens is 1550 g/mol. The molecule has 0 spiro atoms. The van der Waals surface area contributed by atoms with Crippen molar-refractivity contribution in [3.05, 3.63) is 242 Å². The highest BCUT2D eigenvalue weighted by Crippen LogP contribution is 2.37. The number of aromatic nitrogens is 7. The Hall–Kier alpha value is -12.1. The summed E-state index contributed by atoms with van der Waals surface area (Å²) in [6.45, 7) is 40.8. The Labute approximate surface area is 730 Å². The number of benzene rings is 4. The molecule has 3 amide bonds. The zero-order valence-electron chi connectivity index (χ0n) is 75.2. The number of amides is 3. The van der Waals surface area contributed by atoms with Crippen LogP contribution in [-0.4, -0.2) is 189 Å². The minimum absolute atomic E-state index is 0.00951. The SMILES string of the molecule is C=CC(=O)n1c(C)cc(=O)c(CNC(=O)c2cc(-c3ccc(N4CCN(C)CC4)nc3)cc3c2ccn3C(C)C)c1CCC.CCCC1=C(CNC(=O)c2cc(-c3ccc(N4CCN(C)CC4)nc3)cc3c2ccn3C(C)C)C(=O)C=C(C)C1.CCCc1cc(C)cc(O)c1CNC(=O)c1cc(-c2ccc(N3CCN(C)CC3)nc2)cc2c1ccn2C(C)C. The van der Waals surface area contributed by atoms with Crippen LogP contribution < -0.4 is 36.1 Å². The van der Waals surface area contributed by atoms with Crippen molar-refractivity contribution in [2.45, 2.75) is 159 Å². The van der Waals surface area contributed by atoms with Crippen LogP contribution in [0.5, 0.6) is 5.75 Å². The molecule has 23 heteroatoms. The third-order valence-electron chi connectivity index (χ3n) is 24.5. The number of likely N-dealkylation sites (N-methyl/N-ethyl adjacent to an activating group) is 3. The number of piperazine rings is 3. The number of carbonyl (C=O) groups excluding carboxylic acids is 5. The lowest BCUT2D eigenvalue weighted by Gasteiger charge is -2.33. The standard InChI is InChI=1S/C35H42N6O3.2C33H41N5O2/c1-7-9-30-29(32(42)18-24(5)41(30)34(43)8-2)22-37-35(44)28-19-26(20-31-27(28)12-13-40(31)23(3)4)25-10-11-33(36-21-25)39-16-14-38(6)15-17-39;2*1-6-7-24-16-23(4)17-31(39)29(24)21-35-33(40)28-18-26(19-30-27(28)10-11-38(30)22(2)3)25-8-9-32(34-20-25)37-14-12-36(5)13-15-37/h8,10-13,18-21,23H,2,7,9,14-17,22H2,1,3-6H3,(H,37,44);8-11,17-20,22H,6-7,12-16,21H2,1-5H3,(H,35,40);8-11,16-20,22,39H,6-7,12-15,21H2,1-5H3,(H,35,40). The summed E-state index contributed by atoms with van der Waals surface area (Å²) in [4.78, 5) is 108. The molecule has 124 heavy (non-hydrogen) atoms. The summed E-state index contributed by atoms with van der Waals surface area (Å²) in [6, 6.07) is 36.7. The number of carbonyl (C=O) groups is 5. The van der Waals surface area contributed by atoms with Gasteiger partial charge in [-0.1, -0.05) is 63.8 Å². The number of fused-ring (bicyclic) bond motifs is 3. The van der Waals surface area contributed by atoms with Crippen LogP contribution in [0.25, 0.3) is 66.1 Å². The predicted molar refractivity (Wildman–Crippen MR) is 503 cm³/mol. The van der Waals surface area contributed by atoms with E-state index >= 15 is 0 Å². The van der Waals surface area contributed by atoms with Crippen molar-refractivity contribution in [2.75, 3.05) is 121 Å². The van der Waals surface area contributed by atoms with Crippen molar-refractivity contribution >= 4 is 79.6 Å². The van der Waals surface area contributed by atoms with Crippen molar-refractivity contribution in [2.24, 2.45) is 0 Å². The van der Waals surface area contributed by atoms with Gasteiger partial charge >= 0.3 is 0 Å². The van der Waals surface area contributed by atoms with E-state index in [1.54, 1.807) is 19.1 Å². The number of allylic oxidation sites excluding steroid dienone is 4. The Morgan fingerprint density at radius 3 is 1.22 bits per heavy atom. The molecule has 0 unspecified atom stereocenters. The van der Waals surface area contributed by atoms with Gasteiger partial charge < -0.3 is 64.2 Å². The highest BCUT2D eigenvalue weighted by molar-refractivity contribution is 6.12. The van der Waals surface area contributed by atoms with Crippen molar-refractivity contribution < 1.29 is 29.1 Å². The van der Waals surface area contributed by atoms with Crippen LogP contribution in [0.4, 0.5) is 17.5 Å². The number of nitrogens with one attached hydrogen (secondary N) is 3. The first-order chi connectivity index (χ1) is 59.6. The maximum atomic E-state index is 13.9. The van der Waals surface area contributed by atoms with Gasteiger partial charge in [0.1, 0.15) is 23.2 Å². The molecule has 4 N–H and O–H groups in total. The average Bonchev–Trinajstić information content (AvgIpc) is 1.58. The van der Waals surface area contributed by atoms with Gasteiger partial charge in [0.15, 0.2) is 11.2 Å². The number of ketones is 1. The lowest BCUT2D eigenvalue weighted by molar-refractivity contribution is -0.111. The normalized spacial score (nSPS) is 14.9. The Bertz CT molecular complexity index is 5860. The summed E-state index contributed by atoms with van der Waals surface area (Å²) in [5.74, 6) is 2.27. The molecule has 11 aromatic rings. The molecule has 7 aromatic heterocycles. The third kappa shape index (κ3) is 20.4. The van der Waals surface area contributed by atoms with E-state index in [0.717, 1.165) is 234 Å². The summed E-state index contributed by atoms with van der Waals surface area (Å²) in [7, 11) is 6.44. The summed E-state index contributed by atoms with van der Waals surface area (Å²) in [6.07, 6.45) is 20.5. The van der Waals surface area contributed by atoms with Crippen molar-refractivity contribution in [3.63, 3.8) is 0 Å². The van der Waals surface area contributed by atoms with Crippen LogP contribution in [0.15, 0.2) is 187 Å². The molecule has 0 saturated carbocycles. The minimum Gasteiger partial charge on any atom is -0.508 e. The number of aryl methyl sites for hydroxylation is 3. The average molecular weight is 1670 g/mol. The van der Waals surface area contributed by atoms with E-state index in [1.807, 2.05) is 94.2 Å². The molecule has 0 radical (unpaired) electrons. The van der Waals surface area contributed by atoms with Gasteiger partial charge in [-0.25, -0.2) is 15.0 Å². The number of nitrogens with zero attached hydrogens (tertiary/aromatic N) is 13. The highest BCUT2D eigenvalue weighted by atomic mass is 16.3. The van der Waals surface area contributed by atoms with Crippen LogP contribution in [0.1, 0.15) is 189 Å². The molecule has 15 rings (SSSR count). The number of rotatable bonds is 25.